The molecule has 1 saturated heterocycles. The zero-order valence-electron chi connectivity index (χ0n) is 21.8. The van der Waals surface area contributed by atoms with Crippen LogP contribution in [0.5, 0.6) is 5.88 Å². The highest BCUT2D eigenvalue weighted by Crippen LogP contribution is 2.38. The van der Waals surface area contributed by atoms with E-state index in [1.165, 1.54) is 6.33 Å². The van der Waals surface area contributed by atoms with Crippen molar-refractivity contribution >= 4 is 40.4 Å². The number of aliphatic hydroxyl groups is 1. The highest BCUT2D eigenvalue weighted by atomic mass is 35.5. The summed E-state index contributed by atoms with van der Waals surface area (Å²) in [4.78, 5) is 39.2. The van der Waals surface area contributed by atoms with E-state index in [0.29, 0.717) is 59.4 Å². The average molecular weight is 564 g/mol. The Balaban J connectivity index is 1.39. The first kappa shape index (κ1) is 27.2. The smallest absolute Gasteiger partial charge is 0.327 e. The molecule has 0 spiro atoms. The molecule has 1 aromatic carbocycles. The van der Waals surface area contributed by atoms with E-state index >= 15 is 0 Å². The number of imidazole rings is 1. The number of nitrogens with one attached hydrogen (secondary N) is 1. The van der Waals surface area contributed by atoms with Gasteiger partial charge in [0.15, 0.2) is 0 Å². The lowest BCUT2D eigenvalue weighted by atomic mass is 10.0. The van der Waals surface area contributed by atoms with Crippen molar-refractivity contribution < 1.29 is 14.6 Å². The largest absolute Gasteiger partial charge is 0.475 e. The summed E-state index contributed by atoms with van der Waals surface area (Å²) in [7, 11) is 0. The van der Waals surface area contributed by atoms with Crippen LogP contribution in [0.3, 0.4) is 0 Å². The van der Waals surface area contributed by atoms with Crippen LogP contribution in [-0.2, 0) is 11.3 Å². The standard InChI is InChI=1S/C28H30ClN7O4/c1-2-3-8-22-25(30)33-28(39)36(22)18-9-11-34(12-10-18)23(38)16-35-15-20(19-6-4-5-7-21(19)29)24-26(35)31-17-32-27(24)40-14-13-37/h2-8,15,17-18,37H,1,9-14,16,30H2,(H,33,39)/b8-3-. The van der Waals surface area contributed by atoms with Gasteiger partial charge in [-0.05, 0) is 25.0 Å². The minimum absolute atomic E-state index is 0.0481. The van der Waals surface area contributed by atoms with Gasteiger partial charge in [0.25, 0.3) is 0 Å². The number of anilines is 1. The number of aliphatic hydroxyl groups excluding tert-OH is 1. The van der Waals surface area contributed by atoms with Gasteiger partial charge in [-0.25, -0.2) is 14.8 Å². The number of halogens is 1. The van der Waals surface area contributed by atoms with Crippen molar-refractivity contribution in [2.24, 2.45) is 0 Å². The number of ether oxygens (including phenoxy) is 1. The van der Waals surface area contributed by atoms with Crippen molar-refractivity contribution in [1.82, 2.24) is 29.0 Å². The molecule has 4 heterocycles. The number of nitrogens with zero attached hydrogens (tertiary/aromatic N) is 5. The molecule has 40 heavy (non-hydrogen) atoms. The monoisotopic (exact) mass is 563 g/mol. The summed E-state index contributed by atoms with van der Waals surface area (Å²) in [5, 5.41) is 10.4. The second kappa shape index (κ2) is 11.8. The molecule has 0 unspecified atom stereocenters. The predicted molar refractivity (Wildman–Crippen MR) is 154 cm³/mol. The third kappa shape index (κ3) is 5.25. The summed E-state index contributed by atoms with van der Waals surface area (Å²) in [5.41, 5.74) is 8.36. The third-order valence-electron chi connectivity index (χ3n) is 6.99. The molecule has 1 aliphatic heterocycles. The molecule has 1 aliphatic rings. The zero-order valence-corrected chi connectivity index (χ0v) is 22.5. The fourth-order valence-corrected chi connectivity index (χ4v) is 5.38. The lowest BCUT2D eigenvalue weighted by Crippen LogP contribution is -2.42. The van der Waals surface area contributed by atoms with Crippen LogP contribution in [0.4, 0.5) is 5.82 Å². The molecule has 4 aromatic rings. The van der Waals surface area contributed by atoms with E-state index in [9.17, 15) is 14.7 Å². The maximum Gasteiger partial charge on any atom is 0.327 e. The number of rotatable bonds is 9. The van der Waals surface area contributed by atoms with Gasteiger partial charge in [0, 0.05) is 41.5 Å². The number of fused-ring (bicyclic) bond motifs is 1. The molecule has 0 saturated carbocycles. The van der Waals surface area contributed by atoms with E-state index in [4.69, 9.17) is 22.1 Å². The maximum atomic E-state index is 13.5. The first-order chi connectivity index (χ1) is 19.4. The van der Waals surface area contributed by atoms with Crippen LogP contribution in [0, 0.1) is 0 Å². The molecule has 11 nitrogen and oxygen atoms in total. The van der Waals surface area contributed by atoms with E-state index in [-0.39, 0.29) is 37.4 Å². The van der Waals surface area contributed by atoms with Crippen molar-refractivity contribution in [1.29, 1.82) is 0 Å². The summed E-state index contributed by atoms with van der Waals surface area (Å²) in [6.45, 7) is 4.59. The van der Waals surface area contributed by atoms with Crippen LogP contribution >= 0.6 is 11.6 Å². The second-order valence-corrected chi connectivity index (χ2v) is 9.81. The van der Waals surface area contributed by atoms with Crippen molar-refractivity contribution in [3.63, 3.8) is 0 Å². The molecule has 4 N–H and O–H groups in total. The minimum atomic E-state index is -0.268. The molecular formula is C28H30ClN7O4. The number of H-pyrrole nitrogens is 1. The number of piperidine rings is 1. The molecule has 0 radical (unpaired) electrons. The van der Waals surface area contributed by atoms with Gasteiger partial charge in [-0.3, -0.25) is 14.3 Å². The lowest BCUT2D eigenvalue weighted by molar-refractivity contribution is -0.133. The summed E-state index contributed by atoms with van der Waals surface area (Å²) >= 11 is 6.52. The zero-order chi connectivity index (χ0) is 28.2. The van der Waals surface area contributed by atoms with Gasteiger partial charge in [-0.2, -0.15) is 0 Å². The molecule has 1 fully saturated rings. The summed E-state index contributed by atoms with van der Waals surface area (Å²) in [6, 6.07) is 7.29. The van der Waals surface area contributed by atoms with E-state index in [0.717, 1.165) is 11.1 Å². The highest BCUT2D eigenvalue weighted by molar-refractivity contribution is 6.33. The first-order valence-corrected chi connectivity index (χ1v) is 13.3. The number of amides is 1. The van der Waals surface area contributed by atoms with Crippen LogP contribution in [0.15, 0.2) is 60.3 Å². The Bertz CT molecular complexity index is 1630. The van der Waals surface area contributed by atoms with Crippen LogP contribution in [-0.4, -0.2) is 66.3 Å². The van der Waals surface area contributed by atoms with Crippen molar-refractivity contribution in [3.05, 3.63) is 76.7 Å². The maximum absolute atomic E-state index is 13.5. The number of nitrogen functional groups attached to an aromatic ring is 1. The Morgan fingerprint density at radius 2 is 2.02 bits per heavy atom. The average Bonchev–Trinajstić information content (AvgIpc) is 3.46. The number of hydrogen-bond donors (Lipinski definition) is 3. The Morgan fingerprint density at radius 1 is 1.25 bits per heavy atom. The number of allylic oxidation sites excluding steroid dienone is 2. The van der Waals surface area contributed by atoms with Gasteiger partial charge < -0.3 is 25.0 Å². The SMILES string of the molecule is C=C/C=C\c1c(N)[nH]c(=O)n1C1CCN(C(=O)Cn2cc(-c3ccccc3Cl)c3c(OCCO)ncnc32)CC1. The summed E-state index contributed by atoms with van der Waals surface area (Å²) in [5.74, 6) is 0.531. The van der Waals surface area contributed by atoms with E-state index in [2.05, 4.69) is 21.5 Å². The minimum Gasteiger partial charge on any atom is -0.475 e. The van der Waals surface area contributed by atoms with E-state index in [1.54, 1.807) is 38.3 Å². The summed E-state index contributed by atoms with van der Waals surface area (Å²) in [6.07, 6.45) is 9.53. The van der Waals surface area contributed by atoms with Crippen molar-refractivity contribution in [2.75, 3.05) is 32.0 Å². The fourth-order valence-electron chi connectivity index (χ4n) is 5.14. The number of benzene rings is 1. The summed E-state index contributed by atoms with van der Waals surface area (Å²) < 4.78 is 9.14. The fraction of sp³-hybridized carbons (Fsp3) is 0.286. The Kier molecular flexibility index (Phi) is 8.04. The van der Waals surface area contributed by atoms with Gasteiger partial charge in [0.05, 0.1) is 17.7 Å². The lowest BCUT2D eigenvalue weighted by Gasteiger charge is -2.33. The Morgan fingerprint density at radius 3 is 2.75 bits per heavy atom. The quantitative estimate of drug-likeness (QED) is 0.265. The Hall–Kier alpha value is -4.35. The molecule has 0 aliphatic carbocycles. The molecule has 208 valence electrons. The van der Waals surface area contributed by atoms with Crippen LogP contribution in [0.2, 0.25) is 5.02 Å². The van der Waals surface area contributed by atoms with Gasteiger partial charge in [-0.15, -0.1) is 0 Å². The normalized spacial score (nSPS) is 14.3. The molecule has 0 bridgehead atoms. The van der Waals surface area contributed by atoms with E-state index in [1.807, 2.05) is 24.4 Å². The molecule has 0 atom stereocenters. The van der Waals surface area contributed by atoms with Gasteiger partial charge >= 0.3 is 5.69 Å². The van der Waals surface area contributed by atoms with Crippen LogP contribution in [0.25, 0.3) is 28.2 Å². The molecule has 1 amide bonds. The van der Waals surface area contributed by atoms with Crippen molar-refractivity contribution in [3.8, 4) is 17.0 Å². The number of aromatic nitrogens is 5. The van der Waals surface area contributed by atoms with Crippen molar-refractivity contribution in [2.45, 2.75) is 25.4 Å². The number of carbonyl (C=O) groups is 1. The number of hydrogen-bond acceptors (Lipinski definition) is 7. The van der Waals surface area contributed by atoms with Gasteiger partial charge in [-0.1, -0.05) is 48.5 Å². The third-order valence-corrected chi connectivity index (χ3v) is 7.32. The topological polar surface area (TPSA) is 144 Å². The molecule has 3 aromatic heterocycles. The number of nitrogens with two attached hydrogens (primary N) is 1. The van der Waals surface area contributed by atoms with Gasteiger partial charge in [0.1, 0.15) is 30.9 Å². The van der Waals surface area contributed by atoms with Crippen LogP contribution in [0.1, 0.15) is 24.6 Å². The number of likely N-dealkylation sites (tertiary alicyclic amines) is 1. The number of aromatic amines is 1. The Labute approximate surface area is 235 Å². The number of carbonyl (C=O) groups excluding carboxylic acids is 1. The first-order valence-electron chi connectivity index (χ1n) is 12.9. The van der Waals surface area contributed by atoms with Crippen LogP contribution < -0.4 is 16.2 Å². The van der Waals surface area contributed by atoms with E-state index < -0.39 is 0 Å². The second-order valence-electron chi connectivity index (χ2n) is 9.41. The molecular weight excluding hydrogens is 534 g/mol. The molecule has 12 heteroatoms. The van der Waals surface area contributed by atoms with Gasteiger partial charge in [0.2, 0.25) is 11.8 Å². The highest BCUT2D eigenvalue weighted by Gasteiger charge is 2.28. The molecule has 5 rings (SSSR count). The predicted octanol–water partition coefficient (Wildman–Crippen LogP) is 3.26.